The Kier molecular flexibility index (Phi) is 8.73. The van der Waals surface area contributed by atoms with Crippen LogP contribution in [0.4, 0.5) is 0 Å². The molecule has 4 heterocycles. The molecule has 0 spiro atoms. The summed E-state index contributed by atoms with van der Waals surface area (Å²) in [5.41, 5.74) is 7.55. The molecule has 57 heavy (non-hydrogen) atoms. The number of fused-ring (bicyclic) bond motifs is 2. The summed E-state index contributed by atoms with van der Waals surface area (Å²) >= 11 is 0. The first-order valence-corrected chi connectivity index (χ1v) is 21.8. The smallest absolute Gasteiger partial charge is 0.228 e. The van der Waals surface area contributed by atoms with Crippen LogP contribution in [-0.4, -0.2) is 91.6 Å². The fourth-order valence-electron chi connectivity index (χ4n) is 12.0. The summed E-state index contributed by atoms with van der Waals surface area (Å²) in [6.45, 7) is 6.69. The quantitative estimate of drug-likeness (QED) is 0.221. The zero-order valence-corrected chi connectivity index (χ0v) is 33.3. The van der Waals surface area contributed by atoms with E-state index in [0.29, 0.717) is 50.6 Å². The van der Waals surface area contributed by atoms with Crippen molar-refractivity contribution in [2.75, 3.05) is 53.0 Å². The maximum Gasteiger partial charge on any atom is 0.228 e. The van der Waals surface area contributed by atoms with E-state index in [2.05, 4.69) is 69.8 Å². The minimum atomic E-state index is -0.246. The zero-order valence-electron chi connectivity index (χ0n) is 33.3. The normalized spacial score (nSPS) is 30.3. The Morgan fingerprint density at radius 3 is 2.21 bits per heavy atom. The van der Waals surface area contributed by atoms with Crippen LogP contribution in [0.2, 0.25) is 0 Å². The van der Waals surface area contributed by atoms with Crippen LogP contribution in [0.3, 0.4) is 0 Å². The maximum absolute atomic E-state index is 14.0. The molecule has 3 saturated heterocycles. The van der Waals surface area contributed by atoms with Crippen molar-refractivity contribution in [2.45, 2.75) is 93.7 Å². The summed E-state index contributed by atoms with van der Waals surface area (Å²) in [7, 11) is 1.73. The lowest BCUT2D eigenvalue weighted by Crippen LogP contribution is -2.66. The highest BCUT2D eigenvalue weighted by Crippen LogP contribution is 2.55. The molecule has 0 aromatic heterocycles. The first kappa shape index (κ1) is 35.8. The molecule has 3 aromatic rings. The molecule has 1 N–H and O–H groups in total. The molecule has 4 bridgehead atoms. The lowest BCUT2D eigenvalue weighted by atomic mass is 9.54. The van der Waals surface area contributed by atoms with Gasteiger partial charge in [0.25, 0.3) is 0 Å². The summed E-state index contributed by atoms with van der Waals surface area (Å²) in [4.78, 5) is 34.3. The number of carbonyl (C=O) groups is 2. The van der Waals surface area contributed by atoms with Crippen LogP contribution in [0.25, 0.3) is 0 Å². The molecule has 0 radical (unpaired) electrons. The zero-order chi connectivity index (χ0) is 38.3. The van der Waals surface area contributed by atoms with Crippen LogP contribution < -0.4 is 19.5 Å². The Bertz CT molecular complexity index is 2110. The molecule has 5 atom stereocenters. The number of rotatable bonds is 12. The second-order valence-corrected chi connectivity index (χ2v) is 18.7. The molecule has 4 aliphatic heterocycles. The lowest BCUT2D eigenvalue weighted by molar-refractivity contribution is -0.132. The van der Waals surface area contributed by atoms with Crippen LogP contribution in [0.1, 0.15) is 79.2 Å². The Morgan fingerprint density at radius 1 is 0.754 bits per heavy atom. The number of hydrogen-bond donors (Lipinski definition) is 1. The van der Waals surface area contributed by atoms with Gasteiger partial charge in [0.2, 0.25) is 11.8 Å². The molecule has 9 nitrogen and oxygen atoms in total. The van der Waals surface area contributed by atoms with Gasteiger partial charge in [0, 0.05) is 67.5 Å². The van der Waals surface area contributed by atoms with Crippen molar-refractivity contribution in [1.29, 1.82) is 0 Å². The van der Waals surface area contributed by atoms with Crippen LogP contribution in [0.5, 0.6) is 17.2 Å². The molecule has 3 aromatic carbocycles. The van der Waals surface area contributed by atoms with E-state index in [1.165, 1.54) is 60.1 Å². The number of hydrogen-bond acceptors (Lipinski definition) is 7. The van der Waals surface area contributed by atoms with Crippen LogP contribution in [0.15, 0.2) is 72.4 Å². The van der Waals surface area contributed by atoms with Gasteiger partial charge in [-0.05, 0) is 146 Å². The second kappa shape index (κ2) is 13.9. The Labute approximate surface area is 336 Å². The highest BCUT2D eigenvalue weighted by Gasteiger charge is 2.57. The van der Waals surface area contributed by atoms with E-state index in [1.807, 2.05) is 17.0 Å². The summed E-state index contributed by atoms with van der Waals surface area (Å²) in [5, 5.41) is 3.22. The molecule has 0 unspecified atom stereocenters. The van der Waals surface area contributed by atoms with Crippen molar-refractivity contribution in [3.05, 3.63) is 100 Å². The highest BCUT2D eigenvalue weighted by atomic mass is 16.5. The maximum atomic E-state index is 14.0. The molecule has 298 valence electrons. The number of amides is 2. The first-order valence-electron chi connectivity index (χ1n) is 21.8. The Hall–Kier alpha value is -4.34. The summed E-state index contributed by atoms with van der Waals surface area (Å²) in [6, 6.07) is 22.1. The monoisotopic (exact) mass is 768 g/mol. The minimum absolute atomic E-state index is 0.0970. The van der Waals surface area contributed by atoms with Gasteiger partial charge >= 0.3 is 0 Å². The van der Waals surface area contributed by atoms with E-state index >= 15 is 0 Å². The number of likely N-dealkylation sites (tertiary alicyclic amines) is 2. The van der Waals surface area contributed by atoms with Crippen molar-refractivity contribution in [1.82, 2.24) is 20.0 Å². The van der Waals surface area contributed by atoms with Crippen LogP contribution in [0, 0.1) is 17.8 Å². The number of nitrogens with one attached hydrogen (secondary N) is 1. The van der Waals surface area contributed by atoms with Gasteiger partial charge in [0.05, 0.1) is 13.7 Å². The predicted molar refractivity (Wildman–Crippen MR) is 217 cm³/mol. The van der Waals surface area contributed by atoms with Gasteiger partial charge in [-0.1, -0.05) is 24.3 Å². The molecule has 11 rings (SSSR count). The summed E-state index contributed by atoms with van der Waals surface area (Å²) < 4.78 is 18.1. The predicted octanol–water partition coefficient (Wildman–Crippen LogP) is 6.16. The molecule has 2 saturated carbocycles. The van der Waals surface area contributed by atoms with Gasteiger partial charge < -0.3 is 24.4 Å². The van der Waals surface area contributed by atoms with Crippen LogP contribution >= 0.6 is 0 Å². The first-order chi connectivity index (χ1) is 27.9. The van der Waals surface area contributed by atoms with Gasteiger partial charge in [-0.25, -0.2) is 0 Å². The third-order valence-corrected chi connectivity index (χ3v) is 15.3. The van der Waals surface area contributed by atoms with Gasteiger partial charge in [-0.3, -0.25) is 19.4 Å². The highest BCUT2D eigenvalue weighted by molar-refractivity contribution is 5.83. The van der Waals surface area contributed by atoms with Crippen molar-refractivity contribution >= 4 is 11.8 Å². The molecule has 9 heteroatoms. The molecular weight excluding hydrogens is 713 g/mol. The van der Waals surface area contributed by atoms with E-state index in [4.69, 9.17) is 14.2 Å². The molecule has 4 aliphatic carbocycles. The molecule has 2 amide bonds. The standard InChI is InChI=1S/C48H56N4O5/c1-55-37-12-8-34-21-44-42-30-52(46(54)25-48(42,39(34)22-37)15-17-51(44)28-32-4-5-32)29-33-6-10-36(11-7-33)56-18-19-57-38-13-9-35-20-43-41-26-49-45(53)24-47(41,40(35)23-38)14-16-50(43)27-31-2-3-31/h6-13,22-23,30-32,41,43-44H,2-5,14-21,24-29H2,1H3,(H,49,53)/t41-,43+,44+,47+,48+/m0/s1. The Balaban J connectivity index is 0.743. The van der Waals surface area contributed by atoms with Crippen molar-refractivity contribution < 1.29 is 23.8 Å². The fourth-order valence-corrected chi connectivity index (χ4v) is 12.0. The SMILES string of the molecule is COc1ccc2c(c1)[C@]13CCN(CC4CC4)[C@H](C2)C1=CN(Cc1ccc(OCCOc2ccc4c(c2)[C@]25CCN(CC6CC6)[C@H](C4)[C@@H]2CNC(=O)C5)cc1)C(=O)C3. The van der Waals surface area contributed by atoms with Crippen LogP contribution in [-0.2, 0) is 39.8 Å². The van der Waals surface area contributed by atoms with E-state index in [1.54, 1.807) is 7.11 Å². The Morgan fingerprint density at radius 2 is 1.44 bits per heavy atom. The third-order valence-electron chi connectivity index (χ3n) is 15.3. The number of ether oxygens (including phenoxy) is 3. The number of nitrogens with zero attached hydrogens (tertiary/aromatic N) is 3. The van der Waals surface area contributed by atoms with Gasteiger partial charge in [0.15, 0.2) is 0 Å². The molecule has 5 fully saturated rings. The topological polar surface area (TPSA) is 83.6 Å². The van der Waals surface area contributed by atoms with E-state index < -0.39 is 0 Å². The molecular formula is C48H56N4O5. The van der Waals surface area contributed by atoms with E-state index in [9.17, 15) is 9.59 Å². The second-order valence-electron chi connectivity index (χ2n) is 18.7. The van der Waals surface area contributed by atoms with Gasteiger partial charge in [-0.15, -0.1) is 0 Å². The molecule has 8 aliphatic rings. The summed E-state index contributed by atoms with van der Waals surface area (Å²) in [6.07, 6.45) is 12.8. The number of methoxy groups -OCH3 is 1. The average molecular weight is 769 g/mol. The van der Waals surface area contributed by atoms with Crippen molar-refractivity contribution in [2.24, 2.45) is 17.8 Å². The summed E-state index contributed by atoms with van der Waals surface area (Å²) in [5.74, 6) is 5.03. The fraction of sp³-hybridized carbons (Fsp3) is 0.542. The van der Waals surface area contributed by atoms with E-state index in [0.717, 1.165) is 86.5 Å². The van der Waals surface area contributed by atoms with Gasteiger partial charge in [-0.2, -0.15) is 0 Å². The van der Waals surface area contributed by atoms with E-state index in [-0.39, 0.29) is 22.6 Å². The van der Waals surface area contributed by atoms with Gasteiger partial charge in [0.1, 0.15) is 30.5 Å². The number of carbonyl (C=O) groups excluding carboxylic acids is 2. The number of piperidine rings is 3. The minimum Gasteiger partial charge on any atom is -0.497 e. The van der Waals surface area contributed by atoms with Crippen molar-refractivity contribution in [3.63, 3.8) is 0 Å². The average Bonchev–Trinajstić information content (AvgIpc) is 4.17. The third kappa shape index (κ3) is 6.35. The lowest BCUT2D eigenvalue weighted by Gasteiger charge is -2.58. The largest absolute Gasteiger partial charge is 0.497 e. The van der Waals surface area contributed by atoms with Crippen molar-refractivity contribution in [3.8, 4) is 17.2 Å². The number of benzene rings is 3.